The number of hydrogen-bond acceptors (Lipinski definition) is 2. The molecule has 0 radical (unpaired) electrons. The lowest BCUT2D eigenvalue weighted by atomic mass is 10.2. The Hall–Kier alpha value is -0.0800. The van der Waals surface area contributed by atoms with Crippen molar-refractivity contribution < 1.29 is 0 Å². The van der Waals surface area contributed by atoms with Crippen molar-refractivity contribution in [1.82, 2.24) is 10.2 Å². The molecule has 0 amide bonds. The highest BCUT2D eigenvalue weighted by atomic mass is 15.2. The maximum absolute atomic E-state index is 3.27. The van der Waals surface area contributed by atoms with E-state index in [1.165, 1.54) is 25.8 Å². The fourth-order valence-corrected chi connectivity index (χ4v) is 1.95. The van der Waals surface area contributed by atoms with Gasteiger partial charge >= 0.3 is 0 Å². The van der Waals surface area contributed by atoms with Crippen LogP contribution in [-0.2, 0) is 0 Å². The van der Waals surface area contributed by atoms with E-state index in [0.717, 1.165) is 18.6 Å². The van der Waals surface area contributed by atoms with Gasteiger partial charge in [0.15, 0.2) is 0 Å². The first-order chi connectivity index (χ1) is 5.83. The van der Waals surface area contributed by atoms with Crippen molar-refractivity contribution >= 4 is 0 Å². The van der Waals surface area contributed by atoms with Crippen molar-refractivity contribution in [3.63, 3.8) is 0 Å². The molecule has 0 spiro atoms. The molecule has 0 aromatic heterocycles. The molecule has 1 saturated carbocycles. The summed E-state index contributed by atoms with van der Waals surface area (Å²) in [5, 5.41) is 3.27. The lowest BCUT2D eigenvalue weighted by Gasteiger charge is -2.29. The van der Waals surface area contributed by atoms with Crippen molar-refractivity contribution in [2.45, 2.75) is 45.2 Å². The zero-order valence-electron chi connectivity index (χ0n) is 8.64. The molecule has 72 valence electrons. The highest BCUT2D eigenvalue weighted by molar-refractivity contribution is 4.88. The highest BCUT2D eigenvalue weighted by Crippen LogP contribution is 2.28. The van der Waals surface area contributed by atoms with Gasteiger partial charge in [-0.3, -0.25) is 4.90 Å². The Kier molecular flexibility index (Phi) is 4.02. The van der Waals surface area contributed by atoms with Crippen LogP contribution in [0.5, 0.6) is 0 Å². The predicted molar refractivity (Wildman–Crippen MR) is 53.4 cm³/mol. The normalized spacial score (nSPS) is 20.0. The summed E-state index contributed by atoms with van der Waals surface area (Å²) < 4.78 is 0. The molecule has 1 atom stereocenters. The summed E-state index contributed by atoms with van der Waals surface area (Å²) in [6.45, 7) is 6.91. The van der Waals surface area contributed by atoms with Gasteiger partial charge < -0.3 is 5.32 Å². The molecule has 0 bridgehead atoms. The Morgan fingerprint density at radius 3 is 2.42 bits per heavy atom. The van der Waals surface area contributed by atoms with Gasteiger partial charge in [0, 0.05) is 18.6 Å². The average Bonchev–Trinajstić information content (AvgIpc) is 2.88. The van der Waals surface area contributed by atoms with E-state index >= 15 is 0 Å². The number of nitrogens with zero attached hydrogens (tertiary/aromatic N) is 1. The second-order valence-electron chi connectivity index (χ2n) is 3.68. The maximum Gasteiger partial charge on any atom is 0.0220 e. The molecule has 1 aliphatic carbocycles. The molecule has 2 nitrogen and oxygen atoms in total. The topological polar surface area (TPSA) is 15.3 Å². The Morgan fingerprint density at radius 1 is 1.42 bits per heavy atom. The van der Waals surface area contributed by atoms with E-state index < -0.39 is 0 Å². The van der Waals surface area contributed by atoms with Gasteiger partial charge in [0.1, 0.15) is 0 Å². The lowest BCUT2D eigenvalue weighted by Crippen LogP contribution is -2.42. The van der Waals surface area contributed by atoms with E-state index in [4.69, 9.17) is 0 Å². The second kappa shape index (κ2) is 4.83. The lowest BCUT2D eigenvalue weighted by molar-refractivity contribution is 0.188. The highest BCUT2D eigenvalue weighted by Gasteiger charge is 2.31. The van der Waals surface area contributed by atoms with Crippen molar-refractivity contribution in [3.8, 4) is 0 Å². The third-order valence-corrected chi connectivity index (χ3v) is 2.76. The first-order valence-corrected chi connectivity index (χ1v) is 5.23. The molecule has 2 heteroatoms. The Balaban J connectivity index is 2.36. The third kappa shape index (κ3) is 2.46. The van der Waals surface area contributed by atoms with E-state index in [2.05, 4.69) is 24.1 Å². The molecule has 1 N–H and O–H groups in total. The Labute approximate surface area is 76.3 Å². The molecule has 1 rings (SSSR count). The van der Waals surface area contributed by atoms with Gasteiger partial charge in [-0.05, 0) is 32.9 Å². The van der Waals surface area contributed by atoms with E-state index in [-0.39, 0.29) is 0 Å². The van der Waals surface area contributed by atoms with E-state index in [1.54, 1.807) is 0 Å². The molecule has 0 saturated heterocycles. The fourth-order valence-electron chi connectivity index (χ4n) is 1.95. The first-order valence-electron chi connectivity index (χ1n) is 5.23. The predicted octanol–water partition coefficient (Wildman–Crippen LogP) is 1.47. The number of nitrogens with one attached hydrogen (secondary N) is 1. The molecule has 1 unspecified atom stereocenters. The van der Waals surface area contributed by atoms with Crippen LogP contribution in [0.3, 0.4) is 0 Å². The van der Waals surface area contributed by atoms with Crippen LogP contribution >= 0.6 is 0 Å². The van der Waals surface area contributed by atoms with Crippen LogP contribution in [0.15, 0.2) is 0 Å². The van der Waals surface area contributed by atoms with Crippen LogP contribution in [0.2, 0.25) is 0 Å². The summed E-state index contributed by atoms with van der Waals surface area (Å²) in [5.41, 5.74) is 0. The monoisotopic (exact) mass is 170 g/mol. The summed E-state index contributed by atoms with van der Waals surface area (Å²) in [5.74, 6) is 0. The average molecular weight is 170 g/mol. The number of rotatable bonds is 6. The summed E-state index contributed by atoms with van der Waals surface area (Å²) in [7, 11) is 2.05. The molecule has 12 heavy (non-hydrogen) atoms. The molecule has 0 aromatic carbocycles. The standard InChI is InChI=1S/C10H22N2/c1-4-9(8-11-3)12(5-2)10-6-7-10/h9-11H,4-8H2,1-3H3. The largest absolute Gasteiger partial charge is 0.318 e. The third-order valence-electron chi connectivity index (χ3n) is 2.76. The molecule has 1 fully saturated rings. The molecular weight excluding hydrogens is 148 g/mol. The van der Waals surface area contributed by atoms with E-state index in [0.29, 0.717) is 0 Å². The van der Waals surface area contributed by atoms with Crippen molar-refractivity contribution in [2.24, 2.45) is 0 Å². The van der Waals surface area contributed by atoms with E-state index in [9.17, 15) is 0 Å². The van der Waals surface area contributed by atoms with Gasteiger partial charge in [-0.1, -0.05) is 13.8 Å². The van der Waals surface area contributed by atoms with Crippen LogP contribution in [-0.4, -0.2) is 37.1 Å². The Morgan fingerprint density at radius 2 is 2.08 bits per heavy atom. The summed E-state index contributed by atoms with van der Waals surface area (Å²) in [6, 6.07) is 1.67. The van der Waals surface area contributed by atoms with Crippen molar-refractivity contribution in [2.75, 3.05) is 20.1 Å². The minimum Gasteiger partial charge on any atom is -0.318 e. The zero-order valence-corrected chi connectivity index (χ0v) is 8.64. The van der Waals surface area contributed by atoms with Gasteiger partial charge in [-0.15, -0.1) is 0 Å². The fraction of sp³-hybridized carbons (Fsp3) is 1.00. The number of hydrogen-bond donors (Lipinski definition) is 1. The van der Waals surface area contributed by atoms with Crippen LogP contribution in [0.4, 0.5) is 0 Å². The van der Waals surface area contributed by atoms with Crippen LogP contribution < -0.4 is 5.32 Å². The van der Waals surface area contributed by atoms with Gasteiger partial charge in [0.2, 0.25) is 0 Å². The van der Waals surface area contributed by atoms with Gasteiger partial charge in [0.25, 0.3) is 0 Å². The van der Waals surface area contributed by atoms with Crippen molar-refractivity contribution in [3.05, 3.63) is 0 Å². The molecule has 0 heterocycles. The van der Waals surface area contributed by atoms with Crippen LogP contribution in [0.1, 0.15) is 33.1 Å². The minimum atomic E-state index is 0.757. The molecule has 0 aromatic rings. The van der Waals surface area contributed by atoms with Gasteiger partial charge in [-0.25, -0.2) is 0 Å². The minimum absolute atomic E-state index is 0.757. The van der Waals surface area contributed by atoms with Crippen LogP contribution in [0.25, 0.3) is 0 Å². The van der Waals surface area contributed by atoms with Gasteiger partial charge in [0.05, 0.1) is 0 Å². The Bertz CT molecular complexity index is 121. The quantitative estimate of drug-likeness (QED) is 0.649. The smallest absolute Gasteiger partial charge is 0.0220 e. The second-order valence-corrected chi connectivity index (χ2v) is 3.68. The van der Waals surface area contributed by atoms with Gasteiger partial charge in [-0.2, -0.15) is 0 Å². The SMILES string of the molecule is CCC(CNC)N(CC)C1CC1. The molecular formula is C10H22N2. The van der Waals surface area contributed by atoms with E-state index in [1.807, 2.05) is 7.05 Å². The molecule has 0 aliphatic heterocycles. The summed E-state index contributed by atoms with van der Waals surface area (Å²) >= 11 is 0. The first kappa shape index (κ1) is 10.0. The summed E-state index contributed by atoms with van der Waals surface area (Å²) in [6.07, 6.45) is 4.12. The summed E-state index contributed by atoms with van der Waals surface area (Å²) in [4.78, 5) is 2.65. The number of likely N-dealkylation sites (N-methyl/N-ethyl adjacent to an activating group) is 2. The zero-order chi connectivity index (χ0) is 8.97. The molecule has 1 aliphatic rings. The van der Waals surface area contributed by atoms with Crippen LogP contribution in [0, 0.1) is 0 Å². The van der Waals surface area contributed by atoms with Crippen molar-refractivity contribution in [1.29, 1.82) is 0 Å². The maximum atomic E-state index is 3.27.